The number of fused-ring (bicyclic) bond motifs is 1. The Labute approximate surface area is 196 Å². The number of carboxylic acids is 1. The first-order valence-corrected chi connectivity index (χ1v) is 11.8. The predicted octanol–water partition coefficient (Wildman–Crippen LogP) is -5.87. The van der Waals surface area contributed by atoms with E-state index in [1.165, 1.54) is 23.5 Å². The molecule has 3 atom stereocenters. The fourth-order valence-electron chi connectivity index (χ4n) is 2.83. The van der Waals surface area contributed by atoms with Crippen LogP contribution in [0.5, 0.6) is 0 Å². The predicted molar refractivity (Wildman–Crippen MR) is 96.3 cm³/mol. The van der Waals surface area contributed by atoms with Crippen molar-refractivity contribution in [3.8, 4) is 0 Å². The van der Waals surface area contributed by atoms with Gasteiger partial charge in [-0.25, -0.2) is 8.42 Å². The van der Waals surface area contributed by atoms with Gasteiger partial charge in [-0.1, -0.05) is 11.8 Å². The van der Waals surface area contributed by atoms with Gasteiger partial charge in [0, 0.05) is 17.3 Å². The molecule has 2 aliphatic heterocycles. The third kappa shape index (κ3) is 5.32. The van der Waals surface area contributed by atoms with Crippen molar-refractivity contribution in [2.45, 2.75) is 28.7 Å². The number of hydrogen-bond donors (Lipinski definition) is 2. The Kier molecular flexibility index (Phi) is 7.78. The van der Waals surface area contributed by atoms with Gasteiger partial charge in [-0.2, -0.15) is 5.21 Å². The maximum Gasteiger partial charge on any atom is 1.00 e. The fourth-order valence-corrected chi connectivity index (χ4v) is 5.80. The number of sulfone groups is 1. The van der Waals surface area contributed by atoms with Gasteiger partial charge >= 0.3 is 29.6 Å². The van der Waals surface area contributed by atoms with Crippen LogP contribution in [0, 0.1) is 0 Å². The number of thioether (sulfide) groups is 2. The van der Waals surface area contributed by atoms with Gasteiger partial charge in [0.15, 0.2) is 9.84 Å². The molecular formula is C13H15N6NaO6S3. The molecule has 0 aromatic carbocycles. The van der Waals surface area contributed by atoms with Crippen LogP contribution in [-0.2, 0) is 24.2 Å². The molecule has 2 unspecified atom stereocenters. The van der Waals surface area contributed by atoms with E-state index in [1.807, 2.05) is 0 Å². The Balaban J connectivity index is 0.00000300. The maximum absolute atomic E-state index is 12.5. The molecule has 12 nitrogen and oxygen atoms in total. The molecule has 0 spiro atoms. The molecule has 1 aromatic heterocycles. The number of H-pyrrole nitrogens is 1. The van der Waals surface area contributed by atoms with Crippen molar-refractivity contribution >= 4 is 51.1 Å². The molecule has 152 valence electrons. The molecule has 1 fully saturated rings. The van der Waals surface area contributed by atoms with Gasteiger partial charge in [0.05, 0.1) is 11.7 Å². The second kappa shape index (κ2) is 9.34. The van der Waals surface area contributed by atoms with Crippen LogP contribution in [0.1, 0.15) is 6.92 Å². The number of hydrogen-bond acceptors (Lipinski definition) is 11. The van der Waals surface area contributed by atoms with Crippen LogP contribution in [0.3, 0.4) is 0 Å². The van der Waals surface area contributed by atoms with Crippen molar-refractivity contribution in [3.63, 3.8) is 0 Å². The van der Waals surface area contributed by atoms with Crippen LogP contribution in [0.25, 0.3) is 0 Å². The molecule has 2 N–H and O–H groups in total. The first kappa shape index (κ1) is 24.1. The van der Waals surface area contributed by atoms with Crippen molar-refractivity contribution in [1.29, 1.82) is 0 Å². The second-order valence-electron chi connectivity index (χ2n) is 6.14. The van der Waals surface area contributed by atoms with Gasteiger partial charge in [0.1, 0.15) is 17.2 Å². The second-order valence-corrected chi connectivity index (χ2v) is 10.7. The first-order chi connectivity index (χ1) is 13.1. The van der Waals surface area contributed by atoms with Crippen molar-refractivity contribution in [2.75, 3.05) is 17.8 Å². The van der Waals surface area contributed by atoms with Gasteiger partial charge in [-0.05, 0) is 17.7 Å². The fraction of sp³-hybridized carbons (Fsp3) is 0.538. The molecule has 1 aromatic rings. The number of carboxylic acid groups (broad SMARTS) is 1. The molecule has 0 aliphatic carbocycles. The number of nitrogens with zero attached hydrogens (tertiary/aromatic N) is 4. The SMILES string of the molecule is CC(Sc1nn[nH]n1)C1=C(C(=O)[O-])N2C(=O)C(NC(=O)CS(C)(=O)=O)[C@@H]2SC1.[Na+]. The minimum atomic E-state index is -3.55. The third-order valence-electron chi connectivity index (χ3n) is 4.00. The molecule has 1 saturated heterocycles. The topological polar surface area (TPSA) is 178 Å². The van der Waals surface area contributed by atoms with Crippen LogP contribution in [0.15, 0.2) is 16.4 Å². The van der Waals surface area contributed by atoms with E-state index in [-0.39, 0.29) is 46.3 Å². The van der Waals surface area contributed by atoms with Crippen LogP contribution < -0.4 is 40.0 Å². The number of β-lactam (4-membered cyclic amide) rings is 1. The first-order valence-electron chi connectivity index (χ1n) is 7.84. The molecule has 16 heteroatoms. The summed E-state index contributed by atoms with van der Waals surface area (Å²) < 4.78 is 22.4. The van der Waals surface area contributed by atoms with E-state index in [4.69, 9.17) is 0 Å². The standard InChI is InChI=1S/C13H16N6O6S3.Na/c1-5(27-13-15-17-18-16-13)6-3-26-11-8(14-7(20)4-28(2,24)25)10(21)19(11)9(6)12(22)23;/h5,8,11H,3-4H2,1-2H3,(H,14,20)(H,22,23)(H,15,16,17,18);/q;+1/p-1/t5?,8?,11-;/m0./s1. The van der Waals surface area contributed by atoms with E-state index in [9.17, 15) is 27.9 Å². The molecule has 3 rings (SSSR count). The molecule has 2 aliphatic rings. The molecular weight excluding hydrogens is 455 g/mol. The Bertz CT molecular complexity index is 952. The molecule has 0 bridgehead atoms. The van der Waals surface area contributed by atoms with E-state index < -0.39 is 44.8 Å². The van der Waals surface area contributed by atoms with Crippen LogP contribution in [-0.4, -0.2) is 86.2 Å². The molecule has 0 radical (unpaired) electrons. The average molecular weight is 470 g/mol. The smallest absolute Gasteiger partial charge is 0.543 e. The number of aliphatic carboxylic acids is 1. The number of tetrazole rings is 1. The van der Waals surface area contributed by atoms with Crippen molar-refractivity contribution < 1.29 is 57.5 Å². The summed E-state index contributed by atoms with van der Waals surface area (Å²) in [5.41, 5.74) is 0.219. The van der Waals surface area contributed by atoms with E-state index in [1.54, 1.807) is 6.92 Å². The van der Waals surface area contributed by atoms with Crippen LogP contribution in [0.2, 0.25) is 0 Å². The van der Waals surface area contributed by atoms with Gasteiger partial charge in [-0.15, -0.1) is 22.0 Å². The minimum absolute atomic E-state index is 0. The maximum atomic E-state index is 12.5. The number of rotatable bonds is 7. The van der Waals surface area contributed by atoms with Gasteiger partial charge in [0.2, 0.25) is 11.1 Å². The summed E-state index contributed by atoms with van der Waals surface area (Å²) >= 11 is 2.44. The summed E-state index contributed by atoms with van der Waals surface area (Å²) in [7, 11) is -3.55. The summed E-state index contributed by atoms with van der Waals surface area (Å²) in [6, 6.07) is -0.990. The molecule has 29 heavy (non-hydrogen) atoms. The van der Waals surface area contributed by atoms with Gasteiger partial charge in [0.25, 0.3) is 5.91 Å². The van der Waals surface area contributed by atoms with Gasteiger partial charge in [-0.3, -0.25) is 14.5 Å². The normalized spacial score (nSPS) is 22.3. The Hall–Kier alpha value is -1.13. The summed E-state index contributed by atoms with van der Waals surface area (Å²) in [6.07, 6.45) is 0.906. The van der Waals surface area contributed by atoms with Crippen molar-refractivity contribution in [3.05, 3.63) is 11.3 Å². The van der Waals surface area contributed by atoms with Gasteiger partial charge < -0.3 is 15.2 Å². The zero-order valence-corrected chi connectivity index (χ0v) is 20.1. The number of carbonyl (C=O) groups excluding carboxylic acids is 3. The van der Waals surface area contributed by atoms with E-state index >= 15 is 0 Å². The van der Waals surface area contributed by atoms with E-state index in [0.717, 1.165) is 11.2 Å². The van der Waals surface area contributed by atoms with E-state index in [2.05, 4.69) is 25.9 Å². The largest absolute Gasteiger partial charge is 1.00 e. The van der Waals surface area contributed by atoms with Crippen LogP contribution in [0.4, 0.5) is 0 Å². The summed E-state index contributed by atoms with van der Waals surface area (Å²) in [5.74, 6) is -3.42. The zero-order valence-electron chi connectivity index (χ0n) is 15.6. The third-order valence-corrected chi connectivity index (χ3v) is 7.11. The summed E-state index contributed by atoms with van der Waals surface area (Å²) in [6.45, 7) is 1.75. The molecule has 3 heterocycles. The Morgan fingerprint density at radius 2 is 2.17 bits per heavy atom. The number of aromatic amines is 1. The summed E-state index contributed by atoms with van der Waals surface area (Å²) in [4.78, 5) is 37.1. The number of aromatic nitrogens is 4. The minimum Gasteiger partial charge on any atom is -0.543 e. The zero-order chi connectivity index (χ0) is 20.6. The molecule has 0 saturated carbocycles. The molecule has 2 amide bonds. The van der Waals surface area contributed by atoms with Crippen LogP contribution >= 0.6 is 23.5 Å². The summed E-state index contributed by atoms with van der Waals surface area (Å²) in [5, 5.41) is 26.7. The average Bonchev–Trinajstić information content (AvgIpc) is 3.09. The van der Waals surface area contributed by atoms with Crippen molar-refractivity contribution in [2.24, 2.45) is 0 Å². The quantitative estimate of drug-likeness (QED) is 0.220. The number of amides is 2. The number of nitrogens with one attached hydrogen (secondary N) is 2. The monoisotopic (exact) mass is 470 g/mol. The van der Waals surface area contributed by atoms with Crippen molar-refractivity contribution in [1.82, 2.24) is 30.8 Å². The van der Waals surface area contributed by atoms with E-state index in [0.29, 0.717) is 10.7 Å². The Morgan fingerprint density at radius 1 is 1.48 bits per heavy atom. The number of carbonyl (C=O) groups is 3. The Morgan fingerprint density at radius 3 is 2.72 bits per heavy atom.